The molecule has 88 valence electrons. The Balaban J connectivity index is 3.46. The van der Waals surface area contributed by atoms with E-state index in [1.54, 1.807) is 13.0 Å². The molecule has 1 rings (SSSR count). The number of carbonyl (C=O) groups excluding carboxylic acids is 2. The smallest absolute Gasteiger partial charge is 0.339 e. The maximum absolute atomic E-state index is 11.9. The Labute approximate surface area is 107 Å². The highest BCUT2D eigenvalue weighted by Gasteiger charge is 2.23. The molecule has 1 unspecified atom stereocenters. The lowest BCUT2D eigenvalue weighted by Gasteiger charge is -2.09. The van der Waals surface area contributed by atoms with Crippen LogP contribution in [-0.4, -0.2) is 23.7 Å². The molecule has 1 aromatic carbocycles. The van der Waals surface area contributed by atoms with Crippen LogP contribution in [0.2, 0.25) is 0 Å². The first-order valence-corrected chi connectivity index (χ1v) is 5.74. The third kappa shape index (κ3) is 2.71. The Kier molecular flexibility index (Phi) is 4.41. The molecule has 17 heavy (non-hydrogen) atoms. The molecule has 0 aliphatic rings. The second-order valence-corrected chi connectivity index (χ2v) is 4.69. The van der Waals surface area contributed by atoms with E-state index in [-0.39, 0.29) is 22.5 Å². The van der Waals surface area contributed by atoms with Crippen LogP contribution in [0.5, 0.6) is 0 Å². The van der Waals surface area contributed by atoms with Gasteiger partial charge in [0.1, 0.15) is 6.07 Å². The van der Waals surface area contributed by atoms with E-state index < -0.39 is 10.8 Å². The molecule has 0 heterocycles. The Bertz CT molecular complexity index is 503. The number of ketones is 1. The summed E-state index contributed by atoms with van der Waals surface area (Å²) in [7, 11) is 1.21. The molecule has 1 aromatic rings. The first kappa shape index (κ1) is 13.4. The van der Waals surface area contributed by atoms with E-state index in [0.717, 1.165) is 0 Å². The number of hydrogen-bond acceptors (Lipinski definition) is 4. The van der Waals surface area contributed by atoms with Crippen molar-refractivity contribution in [1.29, 1.82) is 5.26 Å². The maximum atomic E-state index is 11.9. The summed E-state index contributed by atoms with van der Waals surface area (Å²) in [6.45, 7) is 1.66. The van der Waals surface area contributed by atoms with Crippen LogP contribution >= 0.6 is 15.9 Å². The zero-order valence-electron chi connectivity index (χ0n) is 9.36. The van der Waals surface area contributed by atoms with Crippen molar-refractivity contribution >= 4 is 27.7 Å². The standard InChI is InChI=1S/C12H10BrNO3/c1-7(13)11(15)9-5-3-4-8(6-14)10(9)12(16)17-2/h3-5,7H,1-2H3. The minimum atomic E-state index is -0.682. The molecule has 0 saturated heterocycles. The molecule has 0 aromatic heterocycles. The molecule has 0 N–H and O–H groups in total. The summed E-state index contributed by atoms with van der Waals surface area (Å²) in [5, 5.41) is 8.93. The summed E-state index contributed by atoms with van der Waals surface area (Å²) < 4.78 is 4.59. The monoisotopic (exact) mass is 295 g/mol. The quantitative estimate of drug-likeness (QED) is 0.487. The number of carbonyl (C=O) groups is 2. The highest BCUT2D eigenvalue weighted by atomic mass is 79.9. The molecular weight excluding hydrogens is 286 g/mol. The summed E-state index contributed by atoms with van der Waals surface area (Å²) in [5.74, 6) is -0.943. The van der Waals surface area contributed by atoms with Gasteiger partial charge in [0.15, 0.2) is 5.78 Å². The minimum Gasteiger partial charge on any atom is -0.465 e. The normalized spacial score (nSPS) is 11.4. The Morgan fingerprint density at radius 3 is 2.59 bits per heavy atom. The largest absolute Gasteiger partial charge is 0.465 e. The van der Waals surface area contributed by atoms with Crippen LogP contribution in [0, 0.1) is 11.3 Å². The van der Waals surface area contributed by atoms with Gasteiger partial charge >= 0.3 is 5.97 Å². The summed E-state index contributed by atoms with van der Waals surface area (Å²) in [5.41, 5.74) is 0.352. The van der Waals surface area contributed by atoms with Crippen LogP contribution in [0.25, 0.3) is 0 Å². The second kappa shape index (κ2) is 5.60. The van der Waals surface area contributed by atoms with E-state index in [2.05, 4.69) is 20.7 Å². The van der Waals surface area contributed by atoms with E-state index in [1.165, 1.54) is 19.2 Å². The number of hydrogen-bond donors (Lipinski definition) is 0. The fourth-order valence-electron chi connectivity index (χ4n) is 1.39. The van der Waals surface area contributed by atoms with Gasteiger partial charge in [-0.3, -0.25) is 4.79 Å². The fourth-order valence-corrected chi connectivity index (χ4v) is 1.63. The number of halogens is 1. The first-order chi connectivity index (χ1) is 8.02. The van der Waals surface area contributed by atoms with Crippen LogP contribution < -0.4 is 0 Å². The van der Waals surface area contributed by atoms with Crippen LogP contribution in [0.4, 0.5) is 0 Å². The molecule has 0 spiro atoms. The highest BCUT2D eigenvalue weighted by Crippen LogP contribution is 2.19. The number of esters is 1. The predicted octanol–water partition coefficient (Wildman–Crippen LogP) is 2.31. The molecule has 0 radical (unpaired) electrons. The highest BCUT2D eigenvalue weighted by molar-refractivity contribution is 9.10. The third-order valence-electron chi connectivity index (χ3n) is 2.20. The van der Waals surface area contributed by atoms with Crippen LogP contribution in [0.1, 0.15) is 33.2 Å². The zero-order chi connectivity index (χ0) is 13.0. The maximum Gasteiger partial charge on any atom is 0.339 e. The summed E-state index contributed by atoms with van der Waals surface area (Å²) in [4.78, 5) is 23.1. The van der Waals surface area contributed by atoms with Crippen molar-refractivity contribution < 1.29 is 14.3 Å². The molecule has 0 fully saturated rings. The van der Waals surface area contributed by atoms with Crippen molar-refractivity contribution in [2.24, 2.45) is 0 Å². The fraction of sp³-hybridized carbons (Fsp3) is 0.250. The summed E-state index contributed by atoms with van der Waals surface area (Å²) in [6, 6.07) is 6.42. The first-order valence-electron chi connectivity index (χ1n) is 4.82. The molecule has 0 bridgehead atoms. The zero-order valence-corrected chi connectivity index (χ0v) is 10.9. The van der Waals surface area contributed by atoms with Crippen LogP contribution in [0.3, 0.4) is 0 Å². The van der Waals surface area contributed by atoms with E-state index in [1.807, 2.05) is 6.07 Å². The Hall–Kier alpha value is -1.67. The van der Waals surface area contributed by atoms with E-state index in [9.17, 15) is 9.59 Å². The lowest BCUT2D eigenvalue weighted by Crippen LogP contribution is -2.17. The molecule has 0 aliphatic heterocycles. The molecule has 0 aliphatic carbocycles. The van der Waals surface area contributed by atoms with Gasteiger partial charge in [-0.15, -0.1) is 0 Å². The lowest BCUT2D eigenvalue weighted by atomic mass is 9.97. The van der Waals surface area contributed by atoms with E-state index in [4.69, 9.17) is 5.26 Å². The second-order valence-electron chi connectivity index (χ2n) is 3.31. The van der Waals surface area contributed by atoms with Crippen molar-refractivity contribution in [3.05, 3.63) is 34.9 Å². The van der Waals surface area contributed by atoms with Gasteiger partial charge in [-0.25, -0.2) is 4.79 Å². The molecule has 4 nitrogen and oxygen atoms in total. The number of nitrogens with zero attached hydrogens (tertiary/aromatic N) is 1. The van der Waals surface area contributed by atoms with Crippen LogP contribution in [-0.2, 0) is 4.74 Å². The van der Waals surface area contributed by atoms with Gasteiger partial charge in [0.2, 0.25) is 0 Å². The van der Waals surface area contributed by atoms with Crippen molar-refractivity contribution in [2.45, 2.75) is 11.8 Å². The molecule has 1 atom stereocenters. The minimum absolute atomic E-state index is 0.0220. The Morgan fingerprint density at radius 2 is 2.12 bits per heavy atom. The van der Waals surface area contributed by atoms with Gasteiger partial charge in [0.05, 0.1) is 23.1 Å². The number of Topliss-reactive ketones (excluding diaryl/α,β-unsaturated/α-hetero) is 1. The van der Waals surface area contributed by atoms with Crippen molar-refractivity contribution in [3.63, 3.8) is 0 Å². The lowest BCUT2D eigenvalue weighted by molar-refractivity contribution is 0.0596. The summed E-state index contributed by atoms with van der Waals surface area (Å²) >= 11 is 3.14. The topological polar surface area (TPSA) is 67.2 Å². The molecule has 5 heteroatoms. The number of benzene rings is 1. The number of methoxy groups -OCH3 is 1. The van der Waals surface area contributed by atoms with Crippen LogP contribution in [0.15, 0.2) is 18.2 Å². The number of nitriles is 1. The average Bonchev–Trinajstić information content (AvgIpc) is 2.35. The summed E-state index contributed by atoms with van der Waals surface area (Å²) in [6.07, 6.45) is 0. The van der Waals surface area contributed by atoms with Gasteiger partial charge in [-0.1, -0.05) is 28.1 Å². The van der Waals surface area contributed by atoms with Crippen molar-refractivity contribution in [3.8, 4) is 6.07 Å². The van der Waals surface area contributed by atoms with Gasteiger partial charge in [0.25, 0.3) is 0 Å². The van der Waals surface area contributed by atoms with E-state index >= 15 is 0 Å². The van der Waals surface area contributed by atoms with Crippen molar-refractivity contribution in [1.82, 2.24) is 0 Å². The Morgan fingerprint density at radius 1 is 1.47 bits per heavy atom. The van der Waals surface area contributed by atoms with Gasteiger partial charge in [-0.2, -0.15) is 5.26 Å². The molecular formula is C12H10BrNO3. The van der Waals surface area contributed by atoms with Gasteiger partial charge < -0.3 is 4.74 Å². The average molecular weight is 296 g/mol. The molecule has 0 amide bonds. The SMILES string of the molecule is COC(=O)c1c(C#N)cccc1C(=O)C(C)Br. The number of ether oxygens (including phenoxy) is 1. The number of alkyl halides is 1. The van der Waals surface area contributed by atoms with Gasteiger partial charge in [0, 0.05) is 5.56 Å². The van der Waals surface area contributed by atoms with Crippen molar-refractivity contribution in [2.75, 3.05) is 7.11 Å². The third-order valence-corrected chi connectivity index (χ3v) is 2.62. The van der Waals surface area contributed by atoms with Gasteiger partial charge in [-0.05, 0) is 13.0 Å². The predicted molar refractivity (Wildman–Crippen MR) is 65.2 cm³/mol. The number of rotatable bonds is 3. The molecule has 0 saturated carbocycles. The van der Waals surface area contributed by atoms with E-state index in [0.29, 0.717) is 0 Å².